The first-order chi connectivity index (χ1) is 14.2. The molecular weight excluding hydrogens is 489 g/mol. The fourth-order valence-corrected chi connectivity index (χ4v) is 3.50. The maximum Gasteiger partial charge on any atom is 0.213 e. The van der Waals surface area contributed by atoms with E-state index in [9.17, 15) is 0 Å². The molecule has 0 aromatic carbocycles. The number of ether oxygens (including phenoxy) is 1. The molecule has 0 bridgehead atoms. The summed E-state index contributed by atoms with van der Waals surface area (Å²) < 4.78 is 6.11. The SMILES string of the molecule is CCNC(=NCc1ccnc(OC2CCC(C)CC2)c1)NCCc1ccccn1.I. The van der Waals surface area contributed by atoms with Crippen molar-refractivity contribution in [3.63, 3.8) is 0 Å². The van der Waals surface area contributed by atoms with Crippen molar-refractivity contribution in [1.82, 2.24) is 20.6 Å². The van der Waals surface area contributed by atoms with Crippen LogP contribution in [-0.4, -0.2) is 35.1 Å². The Bertz CT molecular complexity index is 763. The van der Waals surface area contributed by atoms with Gasteiger partial charge in [0.05, 0.1) is 6.54 Å². The number of nitrogens with one attached hydrogen (secondary N) is 2. The summed E-state index contributed by atoms with van der Waals surface area (Å²) in [5.74, 6) is 2.34. The molecule has 0 atom stereocenters. The van der Waals surface area contributed by atoms with Gasteiger partial charge in [-0.2, -0.15) is 0 Å². The molecule has 1 fully saturated rings. The Morgan fingerprint density at radius 1 is 1.10 bits per heavy atom. The molecule has 2 aromatic rings. The maximum absolute atomic E-state index is 6.11. The summed E-state index contributed by atoms with van der Waals surface area (Å²) in [6, 6.07) is 10.00. The van der Waals surface area contributed by atoms with E-state index in [2.05, 4.69) is 34.4 Å². The van der Waals surface area contributed by atoms with Crippen LogP contribution in [0.15, 0.2) is 47.7 Å². The van der Waals surface area contributed by atoms with E-state index in [0.29, 0.717) is 18.5 Å². The van der Waals surface area contributed by atoms with Crippen LogP contribution < -0.4 is 15.4 Å². The molecule has 1 aliphatic carbocycles. The molecule has 7 heteroatoms. The molecule has 2 aromatic heterocycles. The van der Waals surface area contributed by atoms with Crippen LogP contribution in [0.4, 0.5) is 0 Å². The first kappa shape index (κ1) is 24.4. The Morgan fingerprint density at radius 3 is 2.67 bits per heavy atom. The highest BCUT2D eigenvalue weighted by Crippen LogP contribution is 2.26. The Morgan fingerprint density at radius 2 is 1.93 bits per heavy atom. The van der Waals surface area contributed by atoms with Crippen LogP contribution in [0.2, 0.25) is 0 Å². The number of hydrogen-bond acceptors (Lipinski definition) is 4. The van der Waals surface area contributed by atoms with Gasteiger partial charge in [0, 0.05) is 43.7 Å². The normalized spacial score (nSPS) is 18.9. The van der Waals surface area contributed by atoms with Crippen molar-refractivity contribution in [3.8, 4) is 5.88 Å². The van der Waals surface area contributed by atoms with Crippen molar-refractivity contribution in [2.24, 2.45) is 10.9 Å². The highest BCUT2D eigenvalue weighted by molar-refractivity contribution is 14.0. The number of aliphatic imine (C=N–C) groups is 1. The second-order valence-electron chi connectivity index (χ2n) is 7.70. The third kappa shape index (κ3) is 8.45. The molecular formula is C23H34IN5O. The largest absolute Gasteiger partial charge is 0.474 e. The summed E-state index contributed by atoms with van der Waals surface area (Å²) in [6.45, 7) is 6.58. The Kier molecular flexibility index (Phi) is 10.9. The Labute approximate surface area is 197 Å². The third-order valence-electron chi connectivity index (χ3n) is 5.21. The number of pyridine rings is 2. The van der Waals surface area contributed by atoms with Crippen molar-refractivity contribution >= 4 is 29.9 Å². The second kappa shape index (κ2) is 13.4. The maximum atomic E-state index is 6.11. The summed E-state index contributed by atoms with van der Waals surface area (Å²) in [4.78, 5) is 13.4. The van der Waals surface area contributed by atoms with Crippen LogP contribution >= 0.6 is 24.0 Å². The van der Waals surface area contributed by atoms with E-state index in [1.165, 1.54) is 12.8 Å². The predicted molar refractivity (Wildman–Crippen MR) is 132 cm³/mol. The molecule has 6 nitrogen and oxygen atoms in total. The average molecular weight is 523 g/mol. The lowest BCUT2D eigenvalue weighted by atomic mass is 9.89. The summed E-state index contributed by atoms with van der Waals surface area (Å²) >= 11 is 0. The standard InChI is InChI=1S/C23H33N5O.HI/c1-3-24-23(27-15-12-20-6-4-5-13-25-20)28-17-19-11-14-26-22(16-19)29-21-9-7-18(2)8-10-21;/h4-6,11,13-14,16,18,21H,3,7-10,12,15,17H2,1-2H3,(H2,24,27,28);1H. The Hall–Kier alpha value is -1.90. The molecule has 3 rings (SSSR count). The van der Waals surface area contributed by atoms with E-state index in [0.717, 1.165) is 55.5 Å². The molecule has 2 N–H and O–H groups in total. The minimum atomic E-state index is 0. The quantitative estimate of drug-likeness (QED) is 0.306. The fraction of sp³-hybridized carbons (Fsp3) is 0.522. The summed E-state index contributed by atoms with van der Waals surface area (Å²) in [5.41, 5.74) is 2.17. The van der Waals surface area contributed by atoms with Gasteiger partial charge in [-0.05, 0) is 62.3 Å². The fourth-order valence-electron chi connectivity index (χ4n) is 3.50. The number of rotatable bonds is 8. The lowest BCUT2D eigenvalue weighted by molar-refractivity contribution is 0.130. The number of hydrogen-bond donors (Lipinski definition) is 2. The van der Waals surface area contributed by atoms with E-state index < -0.39 is 0 Å². The molecule has 0 aliphatic heterocycles. The molecule has 2 heterocycles. The van der Waals surface area contributed by atoms with Gasteiger partial charge in [0.2, 0.25) is 5.88 Å². The van der Waals surface area contributed by atoms with Gasteiger partial charge in [0.1, 0.15) is 6.10 Å². The van der Waals surface area contributed by atoms with E-state index in [1.807, 2.05) is 42.7 Å². The lowest BCUT2D eigenvalue weighted by Crippen LogP contribution is -2.38. The van der Waals surface area contributed by atoms with Crippen molar-refractivity contribution < 1.29 is 4.74 Å². The molecule has 0 radical (unpaired) electrons. The monoisotopic (exact) mass is 523 g/mol. The van der Waals surface area contributed by atoms with Crippen LogP contribution in [0.5, 0.6) is 5.88 Å². The van der Waals surface area contributed by atoms with Crippen molar-refractivity contribution in [3.05, 3.63) is 54.0 Å². The predicted octanol–water partition coefficient (Wildman–Crippen LogP) is 4.35. The Balaban J connectivity index is 0.00000320. The van der Waals surface area contributed by atoms with Gasteiger partial charge < -0.3 is 15.4 Å². The lowest BCUT2D eigenvalue weighted by Gasteiger charge is -2.26. The van der Waals surface area contributed by atoms with Crippen molar-refractivity contribution in [2.45, 2.75) is 58.6 Å². The zero-order valence-corrected chi connectivity index (χ0v) is 20.3. The van der Waals surface area contributed by atoms with Gasteiger partial charge in [0.25, 0.3) is 0 Å². The minimum Gasteiger partial charge on any atom is -0.474 e. The zero-order valence-electron chi connectivity index (χ0n) is 18.0. The summed E-state index contributed by atoms with van der Waals surface area (Å²) in [6.07, 6.45) is 9.52. The van der Waals surface area contributed by atoms with Gasteiger partial charge in [-0.15, -0.1) is 24.0 Å². The van der Waals surface area contributed by atoms with Crippen LogP contribution in [-0.2, 0) is 13.0 Å². The highest BCUT2D eigenvalue weighted by Gasteiger charge is 2.19. The number of nitrogens with zero attached hydrogens (tertiary/aromatic N) is 3. The van der Waals surface area contributed by atoms with Crippen molar-refractivity contribution in [1.29, 1.82) is 0 Å². The average Bonchev–Trinajstić information content (AvgIpc) is 2.75. The molecule has 164 valence electrons. The molecule has 0 unspecified atom stereocenters. The second-order valence-corrected chi connectivity index (χ2v) is 7.70. The van der Waals surface area contributed by atoms with Gasteiger partial charge in [-0.1, -0.05) is 13.0 Å². The smallest absolute Gasteiger partial charge is 0.213 e. The minimum absolute atomic E-state index is 0. The van der Waals surface area contributed by atoms with Crippen LogP contribution in [0.25, 0.3) is 0 Å². The third-order valence-corrected chi connectivity index (χ3v) is 5.21. The van der Waals surface area contributed by atoms with E-state index >= 15 is 0 Å². The zero-order chi connectivity index (χ0) is 20.3. The van der Waals surface area contributed by atoms with E-state index in [-0.39, 0.29) is 24.0 Å². The van der Waals surface area contributed by atoms with Crippen LogP contribution in [0.3, 0.4) is 0 Å². The van der Waals surface area contributed by atoms with Gasteiger partial charge >= 0.3 is 0 Å². The van der Waals surface area contributed by atoms with E-state index in [1.54, 1.807) is 0 Å². The van der Waals surface area contributed by atoms with Gasteiger partial charge in [-0.25, -0.2) is 9.98 Å². The summed E-state index contributed by atoms with van der Waals surface area (Å²) in [7, 11) is 0. The number of aromatic nitrogens is 2. The van der Waals surface area contributed by atoms with E-state index in [4.69, 9.17) is 9.73 Å². The molecule has 30 heavy (non-hydrogen) atoms. The molecule has 0 amide bonds. The van der Waals surface area contributed by atoms with Crippen LogP contribution in [0.1, 0.15) is 50.8 Å². The van der Waals surface area contributed by atoms with Gasteiger partial charge in [-0.3, -0.25) is 4.98 Å². The summed E-state index contributed by atoms with van der Waals surface area (Å²) in [5, 5.41) is 6.67. The number of guanidine groups is 1. The number of halogens is 1. The molecule has 1 saturated carbocycles. The first-order valence-corrected chi connectivity index (χ1v) is 10.8. The molecule has 0 saturated heterocycles. The van der Waals surface area contributed by atoms with Gasteiger partial charge in [0.15, 0.2) is 5.96 Å². The highest BCUT2D eigenvalue weighted by atomic mass is 127. The van der Waals surface area contributed by atoms with Crippen molar-refractivity contribution in [2.75, 3.05) is 13.1 Å². The topological polar surface area (TPSA) is 71.4 Å². The molecule has 0 spiro atoms. The first-order valence-electron chi connectivity index (χ1n) is 10.8. The van der Waals surface area contributed by atoms with Crippen LogP contribution in [0, 0.1) is 5.92 Å². The molecule has 1 aliphatic rings.